The lowest BCUT2D eigenvalue weighted by atomic mass is 9.93. The van der Waals surface area contributed by atoms with Crippen molar-refractivity contribution in [2.45, 2.75) is 6.10 Å². The van der Waals surface area contributed by atoms with Crippen molar-refractivity contribution in [1.29, 1.82) is 0 Å². The predicted octanol–water partition coefficient (Wildman–Crippen LogP) is 3.65. The Morgan fingerprint density at radius 2 is 1.78 bits per heavy atom. The van der Waals surface area contributed by atoms with Crippen LogP contribution in [0.25, 0.3) is 11.6 Å². The summed E-state index contributed by atoms with van der Waals surface area (Å²) in [7, 11) is 0. The smallest absolute Gasteiger partial charge is 0.163 e. The van der Waals surface area contributed by atoms with Crippen molar-refractivity contribution in [3.63, 3.8) is 0 Å². The first kappa shape index (κ1) is 14.8. The number of hydrogen-bond acceptors (Lipinski definition) is 4. The van der Waals surface area contributed by atoms with Gasteiger partial charge in [-0.3, -0.25) is 0 Å². The fourth-order valence-electron chi connectivity index (χ4n) is 2.53. The lowest BCUT2D eigenvalue weighted by molar-refractivity contribution is 0.282. The Labute approximate surface area is 134 Å². The van der Waals surface area contributed by atoms with Crippen LogP contribution in [0.2, 0.25) is 0 Å². The number of rotatable bonds is 4. The van der Waals surface area contributed by atoms with Gasteiger partial charge >= 0.3 is 0 Å². The second-order valence-corrected chi connectivity index (χ2v) is 5.24. The van der Waals surface area contributed by atoms with E-state index < -0.39 is 6.10 Å². The SMILES string of the molecule is C=CNC(=C)C1Oc2cc(O)ccc2C=C1c1ccc(O)cc1. The van der Waals surface area contributed by atoms with Gasteiger partial charge in [-0.15, -0.1) is 0 Å². The molecule has 4 heteroatoms. The van der Waals surface area contributed by atoms with Crippen molar-refractivity contribution in [1.82, 2.24) is 5.32 Å². The van der Waals surface area contributed by atoms with Crippen molar-refractivity contribution < 1.29 is 14.9 Å². The summed E-state index contributed by atoms with van der Waals surface area (Å²) in [5.41, 5.74) is 3.32. The minimum absolute atomic E-state index is 0.145. The number of ether oxygens (including phenoxy) is 1. The van der Waals surface area contributed by atoms with Crippen LogP contribution in [0.3, 0.4) is 0 Å². The predicted molar refractivity (Wildman–Crippen MR) is 91.0 cm³/mol. The van der Waals surface area contributed by atoms with E-state index in [1.165, 1.54) is 6.20 Å². The van der Waals surface area contributed by atoms with E-state index in [4.69, 9.17) is 4.74 Å². The molecule has 0 radical (unpaired) electrons. The summed E-state index contributed by atoms with van der Waals surface area (Å²) in [5, 5.41) is 22.1. The van der Waals surface area contributed by atoms with Crippen molar-refractivity contribution >= 4 is 11.6 Å². The molecule has 116 valence electrons. The standard InChI is InChI=1S/C19H17NO3/c1-3-20-12(2)19-17(13-4-7-15(21)8-5-13)10-14-6-9-16(22)11-18(14)23-19/h3-11,19-22H,1-2H2. The molecule has 3 N–H and O–H groups in total. The molecular formula is C19H17NO3. The van der Waals surface area contributed by atoms with Crippen LogP contribution in [0, 0.1) is 0 Å². The fourth-order valence-corrected chi connectivity index (χ4v) is 2.53. The summed E-state index contributed by atoms with van der Waals surface area (Å²) in [5.74, 6) is 0.937. The molecule has 1 heterocycles. The Balaban J connectivity index is 2.09. The van der Waals surface area contributed by atoms with Crippen LogP contribution >= 0.6 is 0 Å². The van der Waals surface area contributed by atoms with Gasteiger partial charge in [0.2, 0.25) is 0 Å². The molecule has 1 aliphatic rings. The number of aromatic hydroxyl groups is 2. The van der Waals surface area contributed by atoms with Crippen LogP contribution in [0.15, 0.2) is 67.5 Å². The van der Waals surface area contributed by atoms with Crippen LogP contribution < -0.4 is 10.1 Å². The number of fused-ring (bicyclic) bond motifs is 1. The quantitative estimate of drug-likeness (QED) is 0.807. The molecule has 0 fully saturated rings. The number of phenols is 2. The lowest BCUT2D eigenvalue weighted by Gasteiger charge is -2.29. The molecule has 0 spiro atoms. The van der Waals surface area contributed by atoms with E-state index in [9.17, 15) is 10.2 Å². The van der Waals surface area contributed by atoms with Crippen molar-refractivity contribution in [2.75, 3.05) is 0 Å². The van der Waals surface area contributed by atoms with Crippen LogP contribution in [0.5, 0.6) is 17.2 Å². The molecule has 2 aromatic rings. The Morgan fingerprint density at radius 1 is 1.09 bits per heavy atom. The van der Waals surface area contributed by atoms with Crippen LogP contribution in [0.4, 0.5) is 0 Å². The Hall–Kier alpha value is -3.14. The summed E-state index contributed by atoms with van der Waals surface area (Å²) in [6.45, 7) is 7.64. The summed E-state index contributed by atoms with van der Waals surface area (Å²) in [4.78, 5) is 0. The van der Waals surface area contributed by atoms with E-state index in [1.807, 2.05) is 18.2 Å². The van der Waals surface area contributed by atoms with Gasteiger partial charge in [0.25, 0.3) is 0 Å². The van der Waals surface area contributed by atoms with E-state index in [0.29, 0.717) is 11.4 Å². The number of benzene rings is 2. The Morgan fingerprint density at radius 3 is 2.48 bits per heavy atom. The third-order valence-electron chi connectivity index (χ3n) is 3.64. The molecule has 0 saturated carbocycles. The molecule has 0 bridgehead atoms. The molecule has 3 rings (SSSR count). The molecule has 0 aliphatic carbocycles. The van der Waals surface area contributed by atoms with Gasteiger partial charge in [-0.2, -0.15) is 0 Å². The zero-order valence-electron chi connectivity index (χ0n) is 12.5. The topological polar surface area (TPSA) is 61.7 Å². The van der Waals surface area contributed by atoms with Crippen molar-refractivity contribution in [3.05, 3.63) is 78.6 Å². The average molecular weight is 307 g/mol. The fraction of sp³-hybridized carbons (Fsp3) is 0.0526. The zero-order valence-corrected chi connectivity index (χ0v) is 12.5. The van der Waals surface area contributed by atoms with E-state index in [-0.39, 0.29) is 11.5 Å². The monoisotopic (exact) mass is 307 g/mol. The second-order valence-electron chi connectivity index (χ2n) is 5.24. The van der Waals surface area contributed by atoms with Crippen molar-refractivity contribution in [3.8, 4) is 17.2 Å². The highest BCUT2D eigenvalue weighted by Crippen LogP contribution is 2.38. The maximum Gasteiger partial charge on any atom is 0.163 e. The van der Waals surface area contributed by atoms with Gasteiger partial charge in [0.05, 0.1) is 5.70 Å². The first-order chi connectivity index (χ1) is 11.1. The first-order valence-electron chi connectivity index (χ1n) is 7.15. The average Bonchev–Trinajstić information content (AvgIpc) is 2.54. The van der Waals surface area contributed by atoms with Gasteiger partial charge in [-0.05, 0) is 42.1 Å². The van der Waals surface area contributed by atoms with E-state index >= 15 is 0 Å². The molecule has 1 aliphatic heterocycles. The third-order valence-corrected chi connectivity index (χ3v) is 3.64. The van der Waals surface area contributed by atoms with Gasteiger partial charge in [0.1, 0.15) is 17.2 Å². The molecule has 4 nitrogen and oxygen atoms in total. The van der Waals surface area contributed by atoms with Gasteiger partial charge in [0.15, 0.2) is 6.10 Å². The van der Waals surface area contributed by atoms with Crippen LogP contribution in [-0.4, -0.2) is 16.3 Å². The molecule has 1 unspecified atom stereocenters. The van der Waals surface area contributed by atoms with E-state index in [1.54, 1.807) is 30.3 Å². The molecule has 0 saturated heterocycles. The summed E-state index contributed by atoms with van der Waals surface area (Å²) >= 11 is 0. The normalized spacial score (nSPS) is 15.8. The first-order valence-corrected chi connectivity index (χ1v) is 7.15. The molecule has 0 amide bonds. The Bertz CT molecular complexity index is 791. The van der Waals surface area contributed by atoms with Gasteiger partial charge in [0, 0.05) is 17.2 Å². The summed E-state index contributed by atoms with van der Waals surface area (Å²) < 4.78 is 6.02. The minimum Gasteiger partial charge on any atom is -0.508 e. The van der Waals surface area contributed by atoms with Crippen LogP contribution in [0.1, 0.15) is 11.1 Å². The molecule has 23 heavy (non-hydrogen) atoms. The number of hydrogen-bond donors (Lipinski definition) is 3. The van der Waals surface area contributed by atoms with E-state index in [2.05, 4.69) is 18.5 Å². The van der Waals surface area contributed by atoms with Gasteiger partial charge in [-0.1, -0.05) is 25.3 Å². The molecule has 2 aromatic carbocycles. The maximum atomic E-state index is 9.65. The van der Waals surface area contributed by atoms with Crippen LogP contribution in [-0.2, 0) is 0 Å². The van der Waals surface area contributed by atoms with E-state index in [0.717, 1.165) is 16.7 Å². The third kappa shape index (κ3) is 2.92. The largest absolute Gasteiger partial charge is 0.508 e. The number of phenolic OH excluding ortho intramolecular Hbond substituents is 2. The molecule has 1 atom stereocenters. The van der Waals surface area contributed by atoms with Gasteiger partial charge < -0.3 is 20.3 Å². The highest BCUT2D eigenvalue weighted by molar-refractivity contribution is 5.89. The molecular weight excluding hydrogens is 290 g/mol. The lowest BCUT2D eigenvalue weighted by Crippen LogP contribution is -2.29. The summed E-state index contributed by atoms with van der Waals surface area (Å²) in [6.07, 6.45) is 3.09. The maximum absolute atomic E-state index is 9.65. The Kier molecular flexibility index (Phi) is 3.81. The highest BCUT2D eigenvalue weighted by Gasteiger charge is 2.26. The number of nitrogens with one attached hydrogen (secondary N) is 1. The second kappa shape index (κ2) is 5.93. The van der Waals surface area contributed by atoms with Crippen molar-refractivity contribution in [2.24, 2.45) is 0 Å². The minimum atomic E-state index is -0.438. The molecule has 0 aromatic heterocycles. The zero-order chi connectivity index (χ0) is 16.4. The highest BCUT2D eigenvalue weighted by atomic mass is 16.5. The summed E-state index contributed by atoms with van der Waals surface area (Å²) in [6, 6.07) is 11.9. The van der Waals surface area contributed by atoms with Gasteiger partial charge in [-0.25, -0.2) is 0 Å².